The normalized spacial score (nSPS) is 13.2. The minimum absolute atomic E-state index is 0.362. The van der Waals surface area contributed by atoms with Gasteiger partial charge in [-0.25, -0.2) is 4.79 Å². The Balaban J connectivity index is 2.52. The summed E-state index contributed by atoms with van der Waals surface area (Å²) in [6.07, 6.45) is 0.735. The smallest absolute Gasteiger partial charge is 0.408 e. The Kier molecular flexibility index (Phi) is 10.3. The summed E-state index contributed by atoms with van der Waals surface area (Å²) < 4.78 is 10.6. The van der Waals surface area contributed by atoms with Crippen molar-refractivity contribution in [3.8, 4) is 5.75 Å². The molecule has 2 rings (SSSR count). The molecule has 0 saturated carbocycles. The maximum Gasteiger partial charge on any atom is 0.408 e. The van der Waals surface area contributed by atoms with E-state index in [4.69, 9.17) is 9.47 Å². The first-order valence-electron chi connectivity index (χ1n) is 13.1. The molecule has 2 aromatic carbocycles. The number of carbonyl (C=O) groups excluding carboxylic acids is 3. The highest BCUT2D eigenvalue weighted by Gasteiger charge is 2.42. The van der Waals surface area contributed by atoms with Gasteiger partial charge in [0.1, 0.15) is 23.4 Å². The fourth-order valence-electron chi connectivity index (χ4n) is 3.94. The minimum Gasteiger partial charge on any atom is -0.497 e. The Hall–Kier alpha value is -3.55. The average Bonchev–Trinajstić information content (AvgIpc) is 2.86. The Morgan fingerprint density at radius 3 is 1.97 bits per heavy atom. The molecule has 0 aromatic heterocycles. The zero-order chi connectivity index (χ0) is 28.7. The van der Waals surface area contributed by atoms with Crippen LogP contribution in [-0.4, -0.2) is 47.1 Å². The summed E-state index contributed by atoms with van der Waals surface area (Å²) in [5.74, 6) is -0.0865. The van der Waals surface area contributed by atoms with Gasteiger partial charge in [0.2, 0.25) is 5.91 Å². The molecule has 2 atom stereocenters. The van der Waals surface area contributed by atoms with E-state index in [1.54, 1.807) is 64.0 Å². The van der Waals surface area contributed by atoms with Crippen LogP contribution in [0.5, 0.6) is 5.75 Å². The number of nitrogens with zero attached hydrogens (tertiary/aromatic N) is 1. The number of nitrogens with one attached hydrogen (secondary N) is 2. The molecule has 2 N–H and O–H groups in total. The number of carbonyl (C=O) groups is 3. The number of hydrogen-bond acceptors (Lipinski definition) is 5. The summed E-state index contributed by atoms with van der Waals surface area (Å²) in [5, 5.41) is 5.60. The van der Waals surface area contributed by atoms with Crippen LogP contribution in [-0.2, 0) is 20.7 Å². The number of aryl methyl sites for hydroxylation is 1. The van der Waals surface area contributed by atoms with Crippen molar-refractivity contribution in [1.29, 1.82) is 0 Å². The largest absolute Gasteiger partial charge is 0.497 e. The van der Waals surface area contributed by atoms with Gasteiger partial charge in [0.05, 0.1) is 7.11 Å². The molecule has 0 bridgehead atoms. The second-order valence-electron chi connectivity index (χ2n) is 11.0. The first-order valence-corrected chi connectivity index (χ1v) is 13.1. The van der Waals surface area contributed by atoms with Crippen LogP contribution in [0.25, 0.3) is 0 Å². The highest BCUT2D eigenvalue weighted by molar-refractivity contribution is 5.99. The first-order chi connectivity index (χ1) is 17.7. The molecule has 3 amide bonds. The predicted octanol–water partition coefficient (Wildman–Crippen LogP) is 5.87. The van der Waals surface area contributed by atoms with Crippen LogP contribution in [0.4, 0.5) is 10.5 Å². The maximum atomic E-state index is 14.0. The molecule has 2 unspecified atom stereocenters. The molecule has 38 heavy (non-hydrogen) atoms. The van der Waals surface area contributed by atoms with Crippen LogP contribution in [0.3, 0.4) is 0 Å². The topological polar surface area (TPSA) is 97.0 Å². The SMILES string of the molecule is CCc1ccc(C(C(=O)Nc2ccc(OC)cc2)N(C(=O)C(C)NC(=O)OC(C)(C)C)C(C)(C)CC)cc1. The molecule has 0 aliphatic rings. The van der Waals surface area contributed by atoms with E-state index in [-0.39, 0.29) is 5.91 Å². The van der Waals surface area contributed by atoms with Crippen LogP contribution in [0.1, 0.15) is 79.0 Å². The third kappa shape index (κ3) is 8.23. The van der Waals surface area contributed by atoms with Crippen LogP contribution in [0.2, 0.25) is 0 Å². The molecular weight excluding hydrogens is 482 g/mol. The zero-order valence-electron chi connectivity index (χ0n) is 24.2. The molecule has 8 heteroatoms. The molecule has 2 aromatic rings. The molecular formula is C30H43N3O5. The van der Waals surface area contributed by atoms with Crippen molar-refractivity contribution in [2.75, 3.05) is 12.4 Å². The highest BCUT2D eigenvalue weighted by atomic mass is 16.6. The average molecular weight is 526 g/mol. The summed E-state index contributed by atoms with van der Waals surface area (Å²) in [6, 6.07) is 12.8. The van der Waals surface area contributed by atoms with Crippen LogP contribution < -0.4 is 15.4 Å². The van der Waals surface area contributed by atoms with E-state index in [1.807, 2.05) is 45.0 Å². The van der Waals surface area contributed by atoms with Gasteiger partial charge in [-0.2, -0.15) is 0 Å². The van der Waals surface area contributed by atoms with E-state index in [2.05, 4.69) is 17.6 Å². The third-order valence-corrected chi connectivity index (χ3v) is 6.43. The lowest BCUT2D eigenvalue weighted by Crippen LogP contribution is -2.58. The Bertz CT molecular complexity index is 1090. The number of amides is 3. The predicted molar refractivity (Wildman–Crippen MR) is 150 cm³/mol. The van der Waals surface area contributed by atoms with E-state index in [0.717, 1.165) is 12.0 Å². The van der Waals surface area contributed by atoms with E-state index in [1.165, 1.54) is 0 Å². The van der Waals surface area contributed by atoms with E-state index >= 15 is 0 Å². The lowest BCUT2D eigenvalue weighted by molar-refractivity contribution is -0.147. The minimum atomic E-state index is -0.951. The lowest BCUT2D eigenvalue weighted by Gasteiger charge is -2.44. The van der Waals surface area contributed by atoms with Crippen molar-refractivity contribution >= 4 is 23.6 Å². The molecule has 0 fully saturated rings. The van der Waals surface area contributed by atoms with Crippen molar-refractivity contribution in [3.05, 3.63) is 59.7 Å². The van der Waals surface area contributed by atoms with Crippen LogP contribution >= 0.6 is 0 Å². The first kappa shape index (κ1) is 30.7. The summed E-state index contributed by atoms with van der Waals surface area (Å²) in [6.45, 7) is 14.7. The Morgan fingerprint density at radius 1 is 0.921 bits per heavy atom. The Labute approximate surface area is 227 Å². The number of hydrogen-bond donors (Lipinski definition) is 2. The van der Waals surface area contributed by atoms with E-state index < -0.39 is 35.2 Å². The number of benzene rings is 2. The lowest BCUT2D eigenvalue weighted by atomic mass is 9.91. The van der Waals surface area contributed by atoms with Gasteiger partial charge in [0, 0.05) is 11.2 Å². The van der Waals surface area contributed by atoms with Crippen molar-refractivity contribution < 1.29 is 23.9 Å². The van der Waals surface area contributed by atoms with Gasteiger partial charge >= 0.3 is 6.09 Å². The number of rotatable bonds is 10. The van der Waals surface area contributed by atoms with Crippen LogP contribution in [0.15, 0.2) is 48.5 Å². The molecule has 0 heterocycles. The van der Waals surface area contributed by atoms with Crippen molar-refractivity contribution in [2.45, 2.75) is 91.5 Å². The Morgan fingerprint density at radius 2 is 1.50 bits per heavy atom. The van der Waals surface area contributed by atoms with Gasteiger partial charge in [0.15, 0.2) is 0 Å². The molecule has 8 nitrogen and oxygen atoms in total. The molecule has 0 radical (unpaired) electrons. The van der Waals surface area contributed by atoms with Gasteiger partial charge < -0.3 is 25.0 Å². The monoisotopic (exact) mass is 525 g/mol. The second kappa shape index (κ2) is 12.8. The van der Waals surface area contributed by atoms with Gasteiger partial charge in [-0.15, -0.1) is 0 Å². The zero-order valence-corrected chi connectivity index (χ0v) is 24.2. The van der Waals surface area contributed by atoms with Crippen molar-refractivity contribution in [1.82, 2.24) is 10.2 Å². The summed E-state index contributed by atoms with van der Waals surface area (Å²) in [4.78, 5) is 41.9. The summed E-state index contributed by atoms with van der Waals surface area (Å²) in [5.41, 5.74) is 0.944. The van der Waals surface area contributed by atoms with Crippen molar-refractivity contribution in [3.63, 3.8) is 0 Å². The maximum absolute atomic E-state index is 14.0. The van der Waals surface area contributed by atoms with Crippen molar-refractivity contribution in [2.24, 2.45) is 0 Å². The fraction of sp³-hybridized carbons (Fsp3) is 0.500. The molecule has 0 spiro atoms. The van der Waals surface area contributed by atoms with Gasteiger partial charge in [-0.1, -0.05) is 38.1 Å². The fourth-order valence-corrected chi connectivity index (χ4v) is 3.94. The van der Waals surface area contributed by atoms with Gasteiger partial charge in [0.25, 0.3) is 5.91 Å². The van der Waals surface area contributed by atoms with Gasteiger partial charge in [-0.3, -0.25) is 9.59 Å². The summed E-state index contributed by atoms with van der Waals surface area (Å²) in [7, 11) is 1.58. The molecule has 0 saturated heterocycles. The molecule has 0 aliphatic heterocycles. The highest BCUT2D eigenvalue weighted by Crippen LogP contribution is 2.33. The van der Waals surface area contributed by atoms with Crippen LogP contribution in [0, 0.1) is 0 Å². The third-order valence-electron chi connectivity index (χ3n) is 6.43. The summed E-state index contributed by atoms with van der Waals surface area (Å²) >= 11 is 0. The molecule has 0 aliphatic carbocycles. The standard InChI is InChI=1S/C30H43N3O5/c1-10-21-12-14-22(15-13-21)25(26(34)32-23-16-18-24(37-9)19-17-23)33(30(7,8)11-2)27(35)20(3)31-28(36)38-29(4,5)6/h12-20,25H,10-11H2,1-9H3,(H,31,36)(H,32,34). The van der Waals surface area contributed by atoms with E-state index in [0.29, 0.717) is 23.4 Å². The quantitative estimate of drug-likeness (QED) is 0.405. The number of ether oxygens (including phenoxy) is 2. The number of alkyl carbamates (subject to hydrolysis) is 1. The number of methoxy groups -OCH3 is 1. The van der Waals surface area contributed by atoms with E-state index in [9.17, 15) is 14.4 Å². The number of anilines is 1. The van der Waals surface area contributed by atoms with Gasteiger partial charge in [-0.05, 0) is 89.8 Å². The second-order valence-corrected chi connectivity index (χ2v) is 11.0. The molecule has 208 valence electrons.